The fraction of sp³-hybridized carbons (Fsp3) is 0.100. The molecule has 3 aromatic rings. The molecule has 5 nitrogen and oxygen atoms in total. The molecule has 0 saturated carbocycles. The standard InChI is InChI=1S/C13H8BrClN2O.C7H5FN2/c1-8-2-3-17-12(7-16)13(8)18-11-5-9(14)4-10(15)6-11;1-5-2-3-10-6(4-9)7(5)8/h2-6H,1H3;2-3H,1H3. The fourth-order valence-electron chi connectivity index (χ4n) is 2.08. The first-order valence-corrected chi connectivity index (χ1v) is 9.03. The summed E-state index contributed by atoms with van der Waals surface area (Å²) in [7, 11) is 0. The second kappa shape index (κ2) is 9.80. The van der Waals surface area contributed by atoms with Gasteiger partial charge in [-0.2, -0.15) is 10.5 Å². The molecule has 0 atom stereocenters. The number of rotatable bonds is 2. The highest BCUT2D eigenvalue weighted by Crippen LogP contribution is 2.31. The number of benzene rings is 1. The summed E-state index contributed by atoms with van der Waals surface area (Å²) < 4.78 is 19.2. The first kappa shape index (κ1) is 21.3. The monoisotopic (exact) mass is 458 g/mol. The predicted molar refractivity (Wildman–Crippen MR) is 107 cm³/mol. The van der Waals surface area contributed by atoms with Crippen molar-refractivity contribution in [1.29, 1.82) is 10.5 Å². The maximum Gasteiger partial charge on any atom is 0.183 e. The zero-order valence-electron chi connectivity index (χ0n) is 14.9. The van der Waals surface area contributed by atoms with Crippen LogP contribution in [0.3, 0.4) is 0 Å². The van der Waals surface area contributed by atoms with E-state index in [0.29, 0.717) is 22.1 Å². The maximum atomic E-state index is 12.7. The van der Waals surface area contributed by atoms with Crippen LogP contribution < -0.4 is 4.74 Å². The minimum atomic E-state index is -0.523. The lowest BCUT2D eigenvalue weighted by atomic mass is 10.2. The van der Waals surface area contributed by atoms with Crippen molar-refractivity contribution < 1.29 is 9.13 Å². The highest BCUT2D eigenvalue weighted by Gasteiger charge is 2.10. The van der Waals surface area contributed by atoms with E-state index in [9.17, 15) is 4.39 Å². The van der Waals surface area contributed by atoms with Gasteiger partial charge in [0, 0.05) is 21.9 Å². The molecule has 0 unspecified atom stereocenters. The molecular weight excluding hydrogens is 447 g/mol. The number of halogens is 3. The van der Waals surface area contributed by atoms with Crippen LogP contribution in [-0.4, -0.2) is 9.97 Å². The van der Waals surface area contributed by atoms with Crippen LogP contribution >= 0.6 is 27.5 Å². The van der Waals surface area contributed by atoms with E-state index in [1.807, 2.05) is 13.0 Å². The van der Waals surface area contributed by atoms with Crippen LogP contribution in [0.5, 0.6) is 11.5 Å². The van der Waals surface area contributed by atoms with Crippen LogP contribution in [0.15, 0.2) is 47.2 Å². The van der Waals surface area contributed by atoms with Crippen molar-refractivity contribution in [1.82, 2.24) is 9.97 Å². The van der Waals surface area contributed by atoms with Gasteiger partial charge >= 0.3 is 0 Å². The number of aryl methyl sites for hydroxylation is 2. The molecule has 8 heteroatoms. The van der Waals surface area contributed by atoms with E-state index in [1.165, 1.54) is 12.3 Å². The molecule has 0 bridgehead atoms. The molecular formula is C20H13BrClFN4O. The molecule has 0 saturated heterocycles. The van der Waals surface area contributed by atoms with Crippen molar-refractivity contribution in [3.63, 3.8) is 0 Å². The van der Waals surface area contributed by atoms with Gasteiger partial charge in [0.25, 0.3) is 0 Å². The normalized spacial score (nSPS) is 9.54. The number of hydrogen-bond donors (Lipinski definition) is 0. The van der Waals surface area contributed by atoms with Crippen LogP contribution in [0.1, 0.15) is 22.5 Å². The second-order valence-corrected chi connectivity index (χ2v) is 6.88. The van der Waals surface area contributed by atoms with Crippen molar-refractivity contribution >= 4 is 27.5 Å². The Balaban J connectivity index is 0.000000237. The van der Waals surface area contributed by atoms with Gasteiger partial charge in [0.1, 0.15) is 17.9 Å². The molecule has 0 aliphatic heterocycles. The van der Waals surface area contributed by atoms with Gasteiger partial charge in [-0.05, 0) is 55.3 Å². The Hall–Kier alpha value is -3.00. The fourth-order valence-corrected chi connectivity index (χ4v) is 2.91. The summed E-state index contributed by atoms with van der Waals surface area (Å²) in [6, 6.07) is 12.2. The molecule has 140 valence electrons. The van der Waals surface area contributed by atoms with Crippen molar-refractivity contribution in [2.75, 3.05) is 0 Å². The molecule has 0 spiro atoms. The van der Waals surface area contributed by atoms with Crippen molar-refractivity contribution in [3.05, 3.63) is 80.6 Å². The summed E-state index contributed by atoms with van der Waals surface area (Å²) in [6.07, 6.45) is 2.99. The third-order valence-electron chi connectivity index (χ3n) is 3.45. The highest BCUT2D eigenvalue weighted by molar-refractivity contribution is 9.10. The molecule has 0 fully saturated rings. The molecule has 28 heavy (non-hydrogen) atoms. The van der Waals surface area contributed by atoms with Crippen LogP contribution in [0.25, 0.3) is 0 Å². The average molecular weight is 460 g/mol. The number of pyridine rings is 2. The van der Waals surface area contributed by atoms with E-state index in [1.54, 1.807) is 43.5 Å². The lowest BCUT2D eigenvalue weighted by Gasteiger charge is -2.10. The topological polar surface area (TPSA) is 82.6 Å². The van der Waals surface area contributed by atoms with Crippen molar-refractivity contribution in [2.45, 2.75) is 13.8 Å². The van der Waals surface area contributed by atoms with E-state index >= 15 is 0 Å². The lowest BCUT2D eigenvalue weighted by molar-refractivity contribution is 0.474. The third-order valence-corrected chi connectivity index (χ3v) is 4.13. The Labute approximate surface area is 175 Å². The summed E-state index contributed by atoms with van der Waals surface area (Å²) in [4.78, 5) is 7.49. The third kappa shape index (κ3) is 5.50. The Bertz CT molecular complexity index is 1070. The second-order valence-electron chi connectivity index (χ2n) is 5.53. The predicted octanol–water partition coefficient (Wildman–Crippen LogP) is 5.87. The SMILES string of the molecule is Cc1ccnc(C#N)c1F.Cc1ccnc(C#N)c1Oc1cc(Cl)cc(Br)c1. The van der Waals surface area contributed by atoms with Gasteiger partial charge in [-0.3, -0.25) is 0 Å². The Morgan fingerprint density at radius 1 is 1.00 bits per heavy atom. The Morgan fingerprint density at radius 3 is 2.18 bits per heavy atom. The quantitative estimate of drug-likeness (QED) is 0.478. The Kier molecular flexibility index (Phi) is 7.45. The number of nitriles is 2. The molecule has 0 amide bonds. The number of nitrogens with zero attached hydrogens (tertiary/aromatic N) is 4. The number of aromatic nitrogens is 2. The van der Waals surface area contributed by atoms with Crippen LogP contribution in [-0.2, 0) is 0 Å². The highest BCUT2D eigenvalue weighted by atomic mass is 79.9. The maximum absolute atomic E-state index is 12.7. The number of ether oxygens (including phenoxy) is 1. The van der Waals surface area contributed by atoms with Gasteiger partial charge in [-0.1, -0.05) is 27.5 Å². The smallest absolute Gasteiger partial charge is 0.183 e. The van der Waals surface area contributed by atoms with E-state index in [-0.39, 0.29) is 11.4 Å². The lowest BCUT2D eigenvalue weighted by Crippen LogP contribution is -1.94. The minimum Gasteiger partial charge on any atom is -0.454 e. The molecule has 0 aliphatic rings. The Morgan fingerprint density at radius 2 is 1.61 bits per heavy atom. The molecule has 0 radical (unpaired) electrons. The van der Waals surface area contributed by atoms with Gasteiger partial charge in [-0.25, -0.2) is 14.4 Å². The van der Waals surface area contributed by atoms with Crippen LogP contribution in [0.4, 0.5) is 4.39 Å². The van der Waals surface area contributed by atoms with E-state index in [4.69, 9.17) is 26.9 Å². The van der Waals surface area contributed by atoms with E-state index in [0.717, 1.165) is 10.0 Å². The molecule has 1 aromatic carbocycles. The van der Waals surface area contributed by atoms with Gasteiger partial charge in [0.2, 0.25) is 0 Å². The largest absolute Gasteiger partial charge is 0.454 e. The van der Waals surface area contributed by atoms with Gasteiger partial charge in [-0.15, -0.1) is 0 Å². The van der Waals surface area contributed by atoms with Crippen molar-refractivity contribution in [2.24, 2.45) is 0 Å². The molecule has 0 N–H and O–H groups in total. The summed E-state index contributed by atoms with van der Waals surface area (Å²) in [5, 5.41) is 17.8. The van der Waals surface area contributed by atoms with E-state index < -0.39 is 5.82 Å². The van der Waals surface area contributed by atoms with Gasteiger partial charge in [0.05, 0.1) is 0 Å². The first-order chi connectivity index (χ1) is 13.3. The summed E-state index contributed by atoms with van der Waals surface area (Å²) in [5.41, 5.74) is 1.41. The van der Waals surface area contributed by atoms with Crippen LogP contribution in [0.2, 0.25) is 5.02 Å². The van der Waals surface area contributed by atoms with Gasteiger partial charge in [0.15, 0.2) is 23.0 Å². The summed E-state index contributed by atoms with van der Waals surface area (Å²) in [6.45, 7) is 3.45. The summed E-state index contributed by atoms with van der Waals surface area (Å²) in [5.74, 6) is 0.487. The zero-order chi connectivity index (χ0) is 20.7. The summed E-state index contributed by atoms with van der Waals surface area (Å²) >= 11 is 9.27. The van der Waals surface area contributed by atoms with E-state index in [2.05, 4.69) is 25.9 Å². The zero-order valence-corrected chi connectivity index (χ0v) is 17.2. The molecule has 2 heterocycles. The van der Waals surface area contributed by atoms with Crippen LogP contribution in [0, 0.1) is 42.3 Å². The first-order valence-electron chi connectivity index (χ1n) is 7.86. The molecule has 0 aliphatic carbocycles. The average Bonchev–Trinajstić information content (AvgIpc) is 2.65. The minimum absolute atomic E-state index is 0.139. The molecule has 3 rings (SSSR count). The van der Waals surface area contributed by atoms with Gasteiger partial charge < -0.3 is 4.74 Å². The van der Waals surface area contributed by atoms with Crippen molar-refractivity contribution in [3.8, 4) is 23.6 Å². The molecule has 2 aromatic heterocycles. The number of hydrogen-bond acceptors (Lipinski definition) is 5.